The third-order valence-corrected chi connectivity index (χ3v) is 3.86. The topological polar surface area (TPSA) is 66.6 Å². The minimum Gasteiger partial charge on any atom is -0.339 e. The molecule has 1 heterocycles. The first kappa shape index (κ1) is 14.5. The third-order valence-electron chi connectivity index (χ3n) is 3.86. The molecule has 5 heteroatoms. The lowest BCUT2D eigenvalue weighted by Gasteiger charge is -2.20. The fourth-order valence-electron chi connectivity index (χ4n) is 2.50. The number of carbonyl (C=O) groups is 2. The molecule has 0 radical (unpaired) electrons. The molecule has 5 nitrogen and oxygen atoms in total. The van der Waals surface area contributed by atoms with Crippen molar-refractivity contribution in [2.45, 2.75) is 18.9 Å². The summed E-state index contributed by atoms with van der Waals surface area (Å²) >= 11 is 0. The van der Waals surface area contributed by atoms with Gasteiger partial charge in [0.2, 0.25) is 11.8 Å². The van der Waals surface area contributed by atoms with E-state index in [1.807, 2.05) is 30.3 Å². The van der Waals surface area contributed by atoms with Crippen molar-refractivity contribution < 1.29 is 9.59 Å². The number of benzene rings is 1. The number of likely N-dealkylation sites (tertiary alicyclic amines) is 1. The molecule has 0 saturated carbocycles. The van der Waals surface area contributed by atoms with E-state index >= 15 is 0 Å². The van der Waals surface area contributed by atoms with E-state index in [1.54, 1.807) is 11.9 Å². The van der Waals surface area contributed by atoms with Gasteiger partial charge in [0, 0.05) is 39.0 Å². The van der Waals surface area contributed by atoms with Crippen molar-refractivity contribution in [2.75, 3.05) is 26.7 Å². The maximum atomic E-state index is 12.2. The summed E-state index contributed by atoms with van der Waals surface area (Å²) in [6.07, 6.45) is 0. The molecule has 20 heavy (non-hydrogen) atoms. The Morgan fingerprint density at radius 3 is 2.55 bits per heavy atom. The number of hydrogen-bond acceptors (Lipinski definition) is 3. The highest BCUT2D eigenvalue weighted by Crippen LogP contribution is 2.26. The molecule has 2 N–H and O–H groups in total. The Hall–Kier alpha value is -1.88. The standard InChI is InChI=1S/C15H21N3O2/c1-11(19)17(2)10-15(20)18-8-13(14(16)9-18)12-6-4-3-5-7-12/h3-7,13-14H,8-10,16H2,1-2H3/t13-,14+/m0/s1. The second kappa shape index (κ2) is 6.05. The molecule has 2 rings (SSSR count). The van der Waals surface area contributed by atoms with Crippen LogP contribution in [-0.4, -0.2) is 54.3 Å². The normalized spacial score (nSPS) is 21.9. The van der Waals surface area contributed by atoms with Crippen LogP contribution < -0.4 is 5.73 Å². The zero-order valence-corrected chi connectivity index (χ0v) is 12.0. The summed E-state index contributed by atoms with van der Waals surface area (Å²) in [4.78, 5) is 26.5. The number of hydrogen-bond donors (Lipinski definition) is 1. The fourth-order valence-corrected chi connectivity index (χ4v) is 2.50. The summed E-state index contributed by atoms with van der Waals surface area (Å²) in [5.41, 5.74) is 7.32. The van der Waals surface area contributed by atoms with E-state index in [0.29, 0.717) is 13.1 Å². The van der Waals surface area contributed by atoms with Crippen molar-refractivity contribution in [3.8, 4) is 0 Å². The first-order valence-electron chi connectivity index (χ1n) is 6.79. The van der Waals surface area contributed by atoms with Crippen molar-refractivity contribution in [3.63, 3.8) is 0 Å². The highest BCUT2D eigenvalue weighted by atomic mass is 16.2. The van der Waals surface area contributed by atoms with Gasteiger partial charge in [-0.2, -0.15) is 0 Å². The van der Waals surface area contributed by atoms with Crippen LogP contribution in [0.5, 0.6) is 0 Å². The molecule has 1 aliphatic heterocycles. The second-order valence-corrected chi connectivity index (χ2v) is 5.35. The highest BCUT2D eigenvalue weighted by Gasteiger charge is 2.34. The van der Waals surface area contributed by atoms with Crippen LogP contribution in [0, 0.1) is 0 Å². The summed E-state index contributed by atoms with van der Waals surface area (Å²) in [6, 6.07) is 9.96. The lowest BCUT2D eigenvalue weighted by molar-refractivity contribution is -0.137. The summed E-state index contributed by atoms with van der Waals surface area (Å²) in [5, 5.41) is 0. The third kappa shape index (κ3) is 3.17. The monoisotopic (exact) mass is 275 g/mol. The maximum absolute atomic E-state index is 12.2. The van der Waals surface area contributed by atoms with Crippen molar-refractivity contribution in [1.29, 1.82) is 0 Å². The van der Waals surface area contributed by atoms with Gasteiger partial charge in [0.1, 0.15) is 0 Å². The van der Waals surface area contributed by atoms with Gasteiger partial charge < -0.3 is 15.5 Å². The average Bonchev–Trinajstić information content (AvgIpc) is 2.81. The molecule has 0 unspecified atom stereocenters. The second-order valence-electron chi connectivity index (χ2n) is 5.35. The van der Waals surface area contributed by atoms with Gasteiger partial charge >= 0.3 is 0 Å². The molecule has 2 atom stereocenters. The van der Waals surface area contributed by atoms with Crippen LogP contribution in [0.1, 0.15) is 18.4 Å². The van der Waals surface area contributed by atoms with Crippen LogP contribution >= 0.6 is 0 Å². The van der Waals surface area contributed by atoms with Crippen LogP contribution in [0.2, 0.25) is 0 Å². The molecular formula is C15H21N3O2. The lowest BCUT2D eigenvalue weighted by atomic mass is 9.95. The summed E-state index contributed by atoms with van der Waals surface area (Å²) in [7, 11) is 1.63. The Morgan fingerprint density at radius 2 is 1.95 bits per heavy atom. The number of nitrogens with two attached hydrogens (primary N) is 1. The first-order chi connectivity index (χ1) is 9.49. The number of likely N-dealkylation sites (N-methyl/N-ethyl adjacent to an activating group) is 1. The van der Waals surface area contributed by atoms with Gasteiger partial charge in [-0.15, -0.1) is 0 Å². The van der Waals surface area contributed by atoms with E-state index in [2.05, 4.69) is 0 Å². The van der Waals surface area contributed by atoms with Crippen molar-refractivity contribution in [1.82, 2.24) is 9.80 Å². The zero-order chi connectivity index (χ0) is 14.7. The van der Waals surface area contributed by atoms with Crippen molar-refractivity contribution >= 4 is 11.8 Å². The molecule has 1 aromatic rings. The van der Waals surface area contributed by atoms with E-state index < -0.39 is 0 Å². The Balaban J connectivity index is 2.00. The van der Waals surface area contributed by atoms with Gasteiger partial charge in [-0.3, -0.25) is 9.59 Å². The van der Waals surface area contributed by atoms with Crippen molar-refractivity contribution in [2.24, 2.45) is 5.73 Å². The molecule has 1 saturated heterocycles. The highest BCUT2D eigenvalue weighted by molar-refractivity contribution is 5.84. The minimum absolute atomic E-state index is 0.0448. The smallest absolute Gasteiger partial charge is 0.242 e. The average molecular weight is 275 g/mol. The molecule has 2 amide bonds. The van der Waals surface area contributed by atoms with Crippen LogP contribution in [0.15, 0.2) is 30.3 Å². The molecule has 0 aromatic heterocycles. The quantitative estimate of drug-likeness (QED) is 0.869. The van der Waals surface area contributed by atoms with Gasteiger partial charge in [-0.1, -0.05) is 30.3 Å². The first-order valence-corrected chi connectivity index (χ1v) is 6.79. The molecular weight excluding hydrogens is 254 g/mol. The molecule has 1 aromatic carbocycles. The van der Waals surface area contributed by atoms with Crippen molar-refractivity contribution in [3.05, 3.63) is 35.9 Å². The fraction of sp³-hybridized carbons (Fsp3) is 0.467. The molecule has 0 spiro atoms. The SMILES string of the molecule is CC(=O)N(C)CC(=O)N1C[C@@H](N)[C@H](c2ccccc2)C1. The molecule has 0 bridgehead atoms. The minimum atomic E-state index is -0.110. The summed E-state index contributed by atoms with van der Waals surface area (Å²) in [6.45, 7) is 2.74. The van der Waals surface area contributed by atoms with E-state index in [9.17, 15) is 9.59 Å². The van der Waals surface area contributed by atoms with E-state index in [4.69, 9.17) is 5.73 Å². The van der Waals surface area contributed by atoms with Crippen LogP contribution in [0.4, 0.5) is 0 Å². The van der Waals surface area contributed by atoms with Crippen LogP contribution in [0.3, 0.4) is 0 Å². The van der Waals surface area contributed by atoms with Gasteiger partial charge in [-0.05, 0) is 5.56 Å². The van der Waals surface area contributed by atoms with E-state index in [0.717, 1.165) is 5.56 Å². The number of carbonyl (C=O) groups excluding carboxylic acids is 2. The number of nitrogens with zero attached hydrogens (tertiary/aromatic N) is 2. The van der Waals surface area contributed by atoms with Gasteiger partial charge in [0.15, 0.2) is 0 Å². The summed E-state index contributed by atoms with van der Waals surface area (Å²) in [5.74, 6) is 0.0146. The molecule has 0 aliphatic carbocycles. The predicted octanol–water partition coefficient (Wildman–Crippen LogP) is 0.418. The largest absolute Gasteiger partial charge is 0.339 e. The Bertz CT molecular complexity index is 489. The molecule has 108 valence electrons. The van der Waals surface area contributed by atoms with Crippen LogP contribution in [0.25, 0.3) is 0 Å². The number of rotatable bonds is 3. The summed E-state index contributed by atoms with van der Waals surface area (Å²) < 4.78 is 0. The number of amides is 2. The Morgan fingerprint density at radius 1 is 1.30 bits per heavy atom. The van der Waals surface area contributed by atoms with E-state index in [1.165, 1.54) is 11.8 Å². The zero-order valence-electron chi connectivity index (χ0n) is 12.0. The maximum Gasteiger partial charge on any atom is 0.242 e. The molecule has 1 aliphatic rings. The van der Waals surface area contributed by atoms with E-state index in [-0.39, 0.29) is 30.3 Å². The predicted molar refractivity (Wildman–Crippen MR) is 77.0 cm³/mol. The Kier molecular flexibility index (Phi) is 4.39. The Labute approximate surface area is 119 Å². The lowest BCUT2D eigenvalue weighted by Crippen LogP contribution is -2.40. The van der Waals surface area contributed by atoms with Gasteiger partial charge in [-0.25, -0.2) is 0 Å². The van der Waals surface area contributed by atoms with Gasteiger partial charge in [0.05, 0.1) is 6.54 Å². The van der Waals surface area contributed by atoms with Crippen LogP contribution in [-0.2, 0) is 9.59 Å². The molecule has 1 fully saturated rings. The van der Waals surface area contributed by atoms with Gasteiger partial charge in [0.25, 0.3) is 0 Å².